The van der Waals surface area contributed by atoms with Gasteiger partial charge in [-0.15, -0.1) is 0 Å². The van der Waals surface area contributed by atoms with E-state index in [0.29, 0.717) is 20.4 Å². The molecule has 1 aromatic carbocycles. The molecule has 20 heavy (non-hydrogen) atoms. The number of ether oxygens (including phenoxy) is 3. The van der Waals surface area contributed by atoms with E-state index < -0.39 is 5.97 Å². The molecule has 0 heterocycles. The van der Waals surface area contributed by atoms with Gasteiger partial charge in [0.2, 0.25) is 0 Å². The number of hydrogen-bond donors (Lipinski definition) is 0. The summed E-state index contributed by atoms with van der Waals surface area (Å²) in [5.41, 5.74) is 0. The third kappa shape index (κ3) is 5.13. The van der Waals surface area contributed by atoms with Gasteiger partial charge in [0.15, 0.2) is 5.78 Å². The number of ketones is 1. The zero-order valence-corrected chi connectivity index (χ0v) is 14.2. The zero-order valence-electron chi connectivity index (χ0n) is 11.1. The molecule has 0 radical (unpaired) electrons. The molecule has 0 atom stereocenters. The van der Waals surface area contributed by atoms with Crippen molar-refractivity contribution in [2.24, 2.45) is 0 Å². The molecule has 0 unspecified atom stereocenters. The Bertz CT molecular complexity index is 502. The quantitative estimate of drug-likeness (QED) is 0.511. The van der Waals surface area contributed by atoms with Gasteiger partial charge in [0.1, 0.15) is 24.5 Å². The van der Waals surface area contributed by atoms with Crippen molar-refractivity contribution in [3.05, 3.63) is 21.1 Å². The number of methoxy groups -OCH3 is 1. The normalized spacial score (nSPS) is 10.0. The lowest BCUT2D eigenvalue weighted by Gasteiger charge is -2.10. The van der Waals surface area contributed by atoms with Gasteiger partial charge in [-0.2, -0.15) is 0 Å². The minimum Gasteiger partial charge on any atom is -0.496 e. The first-order chi connectivity index (χ1) is 9.47. The van der Waals surface area contributed by atoms with E-state index >= 15 is 0 Å². The van der Waals surface area contributed by atoms with Crippen LogP contribution in [0, 0.1) is 0 Å². The Morgan fingerprint density at radius 2 is 1.75 bits per heavy atom. The van der Waals surface area contributed by atoms with Crippen LogP contribution >= 0.6 is 31.9 Å². The van der Waals surface area contributed by atoms with Crippen molar-refractivity contribution in [1.29, 1.82) is 0 Å². The van der Waals surface area contributed by atoms with Gasteiger partial charge in [-0.25, -0.2) is 0 Å². The minimum atomic E-state index is -0.545. The average molecular weight is 410 g/mol. The van der Waals surface area contributed by atoms with Gasteiger partial charge in [0.25, 0.3) is 0 Å². The van der Waals surface area contributed by atoms with Gasteiger partial charge in [-0.05, 0) is 50.9 Å². The molecule has 0 bridgehead atoms. The lowest BCUT2D eigenvalue weighted by Crippen LogP contribution is -2.17. The second kappa shape index (κ2) is 8.26. The van der Waals surface area contributed by atoms with Gasteiger partial charge >= 0.3 is 5.97 Å². The zero-order chi connectivity index (χ0) is 15.1. The van der Waals surface area contributed by atoms with Crippen LogP contribution in [0.2, 0.25) is 0 Å². The summed E-state index contributed by atoms with van der Waals surface area (Å²) in [5, 5.41) is 0. The van der Waals surface area contributed by atoms with E-state index in [-0.39, 0.29) is 25.4 Å². The molecule has 0 N–H and O–H groups in total. The molecule has 0 aliphatic carbocycles. The average Bonchev–Trinajstić information content (AvgIpc) is 2.39. The molecule has 1 rings (SSSR count). The fraction of sp³-hybridized carbons (Fsp3) is 0.385. The molecule has 5 nitrogen and oxygen atoms in total. The molecule has 0 spiro atoms. The summed E-state index contributed by atoms with van der Waals surface area (Å²) in [7, 11) is 1.55. The van der Waals surface area contributed by atoms with E-state index in [9.17, 15) is 9.59 Å². The van der Waals surface area contributed by atoms with Crippen LogP contribution in [0.3, 0.4) is 0 Å². The number of carbonyl (C=O) groups excluding carboxylic acids is 2. The first kappa shape index (κ1) is 17.0. The van der Waals surface area contributed by atoms with E-state index in [2.05, 4.69) is 36.6 Å². The second-order valence-corrected chi connectivity index (χ2v) is 5.43. The van der Waals surface area contributed by atoms with Crippen LogP contribution in [0.5, 0.6) is 11.5 Å². The molecule has 0 aliphatic heterocycles. The number of esters is 1. The first-order valence-electron chi connectivity index (χ1n) is 5.81. The van der Waals surface area contributed by atoms with Crippen molar-refractivity contribution in [2.75, 3.05) is 20.3 Å². The standard InChI is InChI=1S/C13H14Br2O5/c1-3-19-13(17)4-8(16)7-20-12-6-9(14)11(18-2)5-10(12)15/h5-6H,3-4,7H2,1-2H3. The summed E-state index contributed by atoms with van der Waals surface area (Å²) < 4.78 is 16.5. The molecule has 0 aliphatic rings. The Hall–Kier alpha value is -1.08. The minimum absolute atomic E-state index is 0.198. The van der Waals surface area contributed by atoms with E-state index in [1.54, 1.807) is 26.2 Å². The van der Waals surface area contributed by atoms with Gasteiger partial charge in [0, 0.05) is 0 Å². The molecular formula is C13H14Br2O5. The number of Topliss-reactive ketones (excluding diaryl/α,β-unsaturated/α-hetero) is 1. The summed E-state index contributed by atoms with van der Waals surface area (Å²) in [6, 6.07) is 3.40. The highest BCUT2D eigenvalue weighted by Crippen LogP contribution is 2.35. The second-order valence-electron chi connectivity index (χ2n) is 3.73. The maximum Gasteiger partial charge on any atom is 0.313 e. The summed E-state index contributed by atoms with van der Waals surface area (Å²) in [6.45, 7) is 1.74. The molecule has 0 fully saturated rings. The predicted molar refractivity (Wildman–Crippen MR) is 80.1 cm³/mol. The fourth-order valence-electron chi connectivity index (χ4n) is 1.36. The van der Waals surface area contributed by atoms with Crippen LogP contribution in [0.1, 0.15) is 13.3 Å². The SMILES string of the molecule is CCOC(=O)CC(=O)COc1cc(Br)c(OC)cc1Br. The largest absolute Gasteiger partial charge is 0.496 e. The van der Waals surface area contributed by atoms with Crippen LogP contribution in [0.4, 0.5) is 0 Å². The highest BCUT2D eigenvalue weighted by Gasteiger charge is 2.13. The van der Waals surface area contributed by atoms with Crippen LogP contribution in [-0.2, 0) is 14.3 Å². The van der Waals surface area contributed by atoms with Crippen molar-refractivity contribution < 1.29 is 23.8 Å². The summed E-state index contributed by atoms with van der Waals surface area (Å²) in [4.78, 5) is 22.7. The maximum atomic E-state index is 11.5. The Kier molecular flexibility index (Phi) is 7.01. The molecule has 0 aromatic heterocycles. The molecule has 0 saturated carbocycles. The lowest BCUT2D eigenvalue weighted by atomic mass is 10.3. The molecule has 0 amide bonds. The third-order valence-corrected chi connectivity index (χ3v) is 3.48. The molecular weight excluding hydrogens is 396 g/mol. The molecule has 0 saturated heterocycles. The summed E-state index contributed by atoms with van der Waals surface area (Å²) >= 11 is 6.64. The number of hydrogen-bond acceptors (Lipinski definition) is 5. The Labute approximate surface area is 133 Å². The first-order valence-corrected chi connectivity index (χ1v) is 7.39. The van der Waals surface area contributed by atoms with Crippen molar-refractivity contribution in [2.45, 2.75) is 13.3 Å². The fourth-order valence-corrected chi connectivity index (χ4v) is 2.28. The van der Waals surface area contributed by atoms with Gasteiger partial charge in [-0.3, -0.25) is 9.59 Å². The number of carbonyl (C=O) groups is 2. The van der Waals surface area contributed by atoms with E-state index in [1.807, 2.05) is 0 Å². The van der Waals surface area contributed by atoms with Crippen molar-refractivity contribution in [1.82, 2.24) is 0 Å². The lowest BCUT2D eigenvalue weighted by molar-refractivity contribution is -0.145. The number of benzene rings is 1. The van der Waals surface area contributed by atoms with E-state index in [0.717, 1.165) is 0 Å². The summed E-state index contributed by atoms with van der Waals surface area (Å²) in [5.74, 6) is 0.232. The third-order valence-electron chi connectivity index (χ3n) is 2.24. The van der Waals surface area contributed by atoms with Crippen molar-refractivity contribution in [3.8, 4) is 11.5 Å². The van der Waals surface area contributed by atoms with E-state index in [4.69, 9.17) is 9.47 Å². The van der Waals surface area contributed by atoms with Crippen LogP contribution < -0.4 is 9.47 Å². The Morgan fingerprint density at radius 1 is 1.15 bits per heavy atom. The maximum absolute atomic E-state index is 11.5. The van der Waals surface area contributed by atoms with Crippen LogP contribution in [0.15, 0.2) is 21.1 Å². The molecule has 110 valence electrons. The monoisotopic (exact) mass is 408 g/mol. The Morgan fingerprint density at radius 3 is 2.35 bits per heavy atom. The number of halogens is 2. The van der Waals surface area contributed by atoms with Gasteiger partial charge in [-0.1, -0.05) is 0 Å². The van der Waals surface area contributed by atoms with Crippen molar-refractivity contribution in [3.63, 3.8) is 0 Å². The van der Waals surface area contributed by atoms with Gasteiger partial charge < -0.3 is 14.2 Å². The summed E-state index contributed by atoms with van der Waals surface area (Å²) in [6.07, 6.45) is -0.289. The van der Waals surface area contributed by atoms with Gasteiger partial charge in [0.05, 0.1) is 22.7 Å². The van der Waals surface area contributed by atoms with Crippen LogP contribution in [0.25, 0.3) is 0 Å². The van der Waals surface area contributed by atoms with Crippen molar-refractivity contribution >= 4 is 43.6 Å². The smallest absolute Gasteiger partial charge is 0.313 e. The topological polar surface area (TPSA) is 61.8 Å². The Balaban J connectivity index is 2.59. The highest BCUT2D eigenvalue weighted by molar-refractivity contribution is 9.11. The van der Waals surface area contributed by atoms with Crippen LogP contribution in [-0.4, -0.2) is 32.1 Å². The predicted octanol–water partition coefficient (Wildman–Crippen LogP) is 3.12. The number of rotatable bonds is 7. The molecule has 7 heteroatoms. The van der Waals surface area contributed by atoms with E-state index in [1.165, 1.54) is 0 Å². The highest BCUT2D eigenvalue weighted by atomic mass is 79.9. The molecule has 1 aromatic rings.